The van der Waals surface area contributed by atoms with E-state index >= 15 is 0 Å². The molecule has 1 atom stereocenters. The second kappa shape index (κ2) is 10.1. The summed E-state index contributed by atoms with van der Waals surface area (Å²) in [4.78, 5) is 39.9. The number of pyridine rings is 1. The first kappa shape index (κ1) is 28.4. The zero-order chi connectivity index (χ0) is 31.0. The van der Waals surface area contributed by atoms with Crippen molar-refractivity contribution in [1.29, 1.82) is 0 Å². The molecule has 5 aromatic rings. The molecule has 0 aliphatic carbocycles. The number of H-pyrrole nitrogens is 2. The average Bonchev–Trinajstić information content (AvgIpc) is 3.69. The Morgan fingerprint density at radius 3 is 2.66 bits per heavy atom. The van der Waals surface area contributed by atoms with Gasteiger partial charge >= 0.3 is 11.9 Å². The summed E-state index contributed by atoms with van der Waals surface area (Å²) >= 11 is 0. The van der Waals surface area contributed by atoms with Crippen LogP contribution >= 0.6 is 0 Å². The third-order valence-corrected chi connectivity index (χ3v) is 9.61. The minimum atomic E-state index is -4.49. The Bertz CT molecular complexity index is 1960. The van der Waals surface area contributed by atoms with E-state index in [0.29, 0.717) is 43.8 Å². The summed E-state index contributed by atoms with van der Waals surface area (Å²) in [6, 6.07) is 5.63. The van der Waals surface area contributed by atoms with Crippen molar-refractivity contribution in [3.63, 3.8) is 0 Å². The molecule has 1 fully saturated rings. The van der Waals surface area contributed by atoms with Gasteiger partial charge in [0.15, 0.2) is 5.65 Å². The van der Waals surface area contributed by atoms with Crippen LogP contribution in [0, 0.1) is 6.92 Å². The molecule has 0 saturated carbocycles. The lowest BCUT2D eigenvalue weighted by atomic mass is 9.88. The van der Waals surface area contributed by atoms with E-state index in [0.717, 1.165) is 33.1 Å². The van der Waals surface area contributed by atoms with Crippen LogP contribution in [0.25, 0.3) is 22.1 Å². The normalized spacial score (nSPS) is 18.0. The molecule has 10 nitrogen and oxygen atoms in total. The van der Waals surface area contributed by atoms with Crippen molar-refractivity contribution in [2.24, 2.45) is 0 Å². The molecule has 0 spiro atoms. The molecule has 0 bridgehead atoms. The van der Waals surface area contributed by atoms with Crippen LogP contribution in [-0.2, 0) is 23.2 Å². The number of carbonyl (C=O) groups is 1. The molecule has 2 aliphatic heterocycles. The van der Waals surface area contributed by atoms with Crippen LogP contribution in [0.15, 0.2) is 41.6 Å². The first-order valence-electron chi connectivity index (χ1n) is 14.8. The van der Waals surface area contributed by atoms with Gasteiger partial charge in [0, 0.05) is 49.2 Å². The first-order chi connectivity index (χ1) is 20.9. The van der Waals surface area contributed by atoms with Gasteiger partial charge in [-0.3, -0.25) is 19.4 Å². The maximum absolute atomic E-state index is 14.3. The molecule has 0 unspecified atom stereocenters. The summed E-state index contributed by atoms with van der Waals surface area (Å²) in [6.07, 6.45) is 1.99. The van der Waals surface area contributed by atoms with E-state index in [1.165, 1.54) is 20.0 Å². The highest BCUT2D eigenvalue weighted by molar-refractivity contribution is 5.86. The fourth-order valence-corrected chi connectivity index (χ4v) is 7.02. The molecule has 2 aliphatic rings. The molecule has 0 radical (unpaired) electrons. The minimum Gasteiger partial charge on any atom is -0.343 e. The summed E-state index contributed by atoms with van der Waals surface area (Å²) in [6.45, 7) is 5.47. The van der Waals surface area contributed by atoms with Gasteiger partial charge in [-0.25, -0.2) is 14.8 Å². The molecule has 13 heteroatoms. The molecule has 1 amide bonds. The second-order valence-corrected chi connectivity index (χ2v) is 12.6. The zero-order valence-electron chi connectivity index (χ0n) is 24.7. The van der Waals surface area contributed by atoms with Gasteiger partial charge in [-0.1, -0.05) is 6.07 Å². The van der Waals surface area contributed by atoms with Crippen molar-refractivity contribution in [3.8, 4) is 0 Å². The predicted molar refractivity (Wildman–Crippen MR) is 158 cm³/mol. The minimum absolute atomic E-state index is 0.0688. The van der Waals surface area contributed by atoms with E-state index in [9.17, 15) is 22.8 Å². The first-order valence-corrected chi connectivity index (χ1v) is 14.8. The van der Waals surface area contributed by atoms with Gasteiger partial charge in [-0.15, -0.1) is 0 Å². The van der Waals surface area contributed by atoms with Crippen LogP contribution < -0.4 is 5.69 Å². The Labute approximate surface area is 250 Å². The standard InChI is InChI=1S/C31H33F3N8O2/c1-17-11-18-12-19(13-25(43)40-9-6-20(7-10-40)42-23-5-4-8-35-27(23)38-29(42)44)28-36-15-24(30(2,3)31(32,33)34)41(28)16-22(18)21-14-37-39-26(17)21/h4-5,8,11,14-15,19-20H,6-7,9-10,12-13,16H2,1-3H3,(H,37,39)(H,35,38,44)/t19-/m0/s1. The highest BCUT2D eigenvalue weighted by Crippen LogP contribution is 2.43. The number of aryl methyl sites for hydroxylation is 1. The van der Waals surface area contributed by atoms with Crippen LogP contribution in [0.3, 0.4) is 0 Å². The fourth-order valence-electron chi connectivity index (χ4n) is 7.02. The SMILES string of the molecule is Cc1cc2c(c3cn[nH]c13)Cn1c(C(C)(C)C(F)(F)F)cnc1[C@H](CC(=O)N1CCC(n3c(=O)[nH]c4ncccc43)CC1)C2. The number of fused-ring (bicyclic) bond motifs is 5. The lowest BCUT2D eigenvalue weighted by Gasteiger charge is -2.33. The second-order valence-electron chi connectivity index (χ2n) is 12.6. The summed E-state index contributed by atoms with van der Waals surface area (Å²) in [5.74, 6) is 0.00589. The van der Waals surface area contributed by atoms with Crippen molar-refractivity contribution in [2.45, 2.75) is 76.6 Å². The van der Waals surface area contributed by atoms with Gasteiger partial charge in [0.1, 0.15) is 11.2 Å². The Balaban J connectivity index is 1.19. The number of hydrogen-bond donors (Lipinski definition) is 2. The Morgan fingerprint density at radius 2 is 1.91 bits per heavy atom. The third-order valence-electron chi connectivity index (χ3n) is 9.61. The van der Waals surface area contributed by atoms with Crippen molar-refractivity contribution < 1.29 is 18.0 Å². The van der Waals surface area contributed by atoms with Gasteiger partial charge in [0.05, 0.1) is 29.5 Å². The number of hydrogen-bond acceptors (Lipinski definition) is 5. The number of alkyl halides is 3. The molecule has 1 aromatic carbocycles. The maximum Gasteiger partial charge on any atom is 0.399 e. The number of likely N-dealkylation sites (tertiary alicyclic amines) is 1. The maximum atomic E-state index is 14.3. The summed E-state index contributed by atoms with van der Waals surface area (Å²) in [7, 11) is 0. The summed E-state index contributed by atoms with van der Waals surface area (Å²) in [5.41, 5.74) is 2.71. The van der Waals surface area contributed by atoms with E-state index in [1.807, 2.05) is 19.1 Å². The number of rotatable bonds is 4. The van der Waals surface area contributed by atoms with Crippen molar-refractivity contribution in [1.82, 2.24) is 39.2 Å². The number of nitrogens with zero attached hydrogens (tertiary/aromatic N) is 6. The third kappa shape index (κ3) is 4.43. The van der Waals surface area contributed by atoms with Crippen molar-refractivity contribution >= 4 is 28.0 Å². The molecule has 4 aromatic heterocycles. The van der Waals surface area contributed by atoms with Crippen molar-refractivity contribution in [2.75, 3.05) is 13.1 Å². The predicted octanol–water partition coefficient (Wildman–Crippen LogP) is 4.89. The molecule has 1 saturated heterocycles. The number of amides is 1. The average molecular weight is 607 g/mol. The van der Waals surface area contributed by atoms with Crippen LogP contribution in [0.5, 0.6) is 0 Å². The van der Waals surface area contributed by atoms with E-state index in [1.54, 1.807) is 32.5 Å². The van der Waals surface area contributed by atoms with Crippen LogP contribution in [0.4, 0.5) is 13.2 Å². The largest absolute Gasteiger partial charge is 0.399 e. The number of piperidine rings is 1. The molecular formula is C31H33F3N8O2. The summed E-state index contributed by atoms with van der Waals surface area (Å²) in [5, 5.41) is 8.10. The highest BCUT2D eigenvalue weighted by atomic mass is 19.4. The van der Waals surface area contributed by atoms with Crippen LogP contribution in [0.1, 0.15) is 73.3 Å². The lowest BCUT2D eigenvalue weighted by molar-refractivity contribution is -0.181. The number of carbonyl (C=O) groups excluding carboxylic acids is 1. The Morgan fingerprint density at radius 1 is 1.14 bits per heavy atom. The van der Waals surface area contributed by atoms with E-state index < -0.39 is 17.5 Å². The number of aromatic amines is 2. The van der Waals surface area contributed by atoms with Gasteiger partial charge in [0.2, 0.25) is 5.91 Å². The van der Waals surface area contributed by atoms with Gasteiger partial charge in [-0.05, 0) is 68.9 Å². The molecule has 7 rings (SSSR count). The fraction of sp³-hybridized carbons (Fsp3) is 0.452. The number of nitrogens with one attached hydrogen (secondary N) is 2. The quantitative estimate of drug-likeness (QED) is 0.302. The highest BCUT2D eigenvalue weighted by Gasteiger charge is 2.51. The Hall–Kier alpha value is -4.42. The Kier molecular flexibility index (Phi) is 6.49. The van der Waals surface area contributed by atoms with E-state index in [4.69, 9.17) is 0 Å². The zero-order valence-corrected chi connectivity index (χ0v) is 24.7. The van der Waals surface area contributed by atoms with Crippen LogP contribution in [-0.4, -0.2) is 64.4 Å². The van der Waals surface area contributed by atoms with Gasteiger partial charge in [0.25, 0.3) is 0 Å². The molecule has 2 N–H and O–H groups in total. The van der Waals surface area contributed by atoms with Crippen LogP contribution in [0.2, 0.25) is 0 Å². The number of aromatic nitrogens is 7. The molecule has 230 valence electrons. The smallest absolute Gasteiger partial charge is 0.343 e. The molecular weight excluding hydrogens is 573 g/mol. The van der Waals surface area contributed by atoms with Gasteiger partial charge in [-0.2, -0.15) is 18.3 Å². The van der Waals surface area contributed by atoms with E-state index in [2.05, 4.69) is 25.1 Å². The molecule has 44 heavy (non-hydrogen) atoms. The van der Waals surface area contributed by atoms with Crippen molar-refractivity contribution in [3.05, 3.63) is 75.5 Å². The summed E-state index contributed by atoms with van der Waals surface area (Å²) < 4.78 is 46.2. The molecule has 6 heterocycles. The monoisotopic (exact) mass is 606 g/mol. The number of halogens is 3. The van der Waals surface area contributed by atoms with Gasteiger partial charge < -0.3 is 9.47 Å². The number of imidazole rings is 2. The topological polar surface area (TPSA) is 117 Å². The number of benzene rings is 1. The van der Waals surface area contributed by atoms with E-state index in [-0.39, 0.29) is 36.3 Å². The lowest BCUT2D eigenvalue weighted by Crippen LogP contribution is -2.41.